The molecule has 0 unspecified atom stereocenters. The molecule has 0 atom stereocenters. The maximum atomic E-state index is 12.6. The molecule has 3 heterocycles. The van der Waals surface area contributed by atoms with Crippen LogP contribution in [0.3, 0.4) is 0 Å². The molecule has 0 fully saturated rings. The van der Waals surface area contributed by atoms with Gasteiger partial charge in [-0.2, -0.15) is 18.4 Å². The Morgan fingerprint density at radius 1 is 1.22 bits per heavy atom. The maximum Gasteiger partial charge on any atom is 0.335 e. The van der Waals surface area contributed by atoms with Crippen molar-refractivity contribution in [3.8, 4) is 11.8 Å². The van der Waals surface area contributed by atoms with Gasteiger partial charge >= 0.3 is 6.03 Å². The molecule has 3 rings (SSSR count). The molecule has 14 heteroatoms. The number of hydrogen-bond acceptors (Lipinski definition) is 9. The lowest BCUT2D eigenvalue weighted by Crippen LogP contribution is -2.35. The Labute approximate surface area is 162 Å². The normalized spacial score (nSPS) is 11.4. The lowest BCUT2D eigenvalue weighted by molar-refractivity contribution is 0.256. The lowest BCUT2D eigenvalue weighted by atomic mass is 10.6. The summed E-state index contributed by atoms with van der Waals surface area (Å²) < 4.78 is 38.4. The van der Waals surface area contributed by atoms with Crippen molar-refractivity contribution in [2.45, 2.75) is 11.9 Å². The molecule has 0 bridgehead atoms. The lowest BCUT2D eigenvalue weighted by Gasteiger charge is -2.09. The quantitative estimate of drug-likeness (QED) is 0.621. The summed E-state index contributed by atoms with van der Waals surface area (Å²) in [6, 6.07) is 0.298. The third kappa shape index (κ3) is 3.74. The molecule has 27 heavy (non-hydrogen) atoms. The van der Waals surface area contributed by atoms with E-state index in [1.54, 1.807) is 12.3 Å². The Kier molecular flexibility index (Phi) is 5.08. The number of sulfonamides is 1. The van der Waals surface area contributed by atoms with Crippen molar-refractivity contribution in [1.82, 2.24) is 24.1 Å². The van der Waals surface area contributed by atoms with Crippen LogP contribution in [0.15, 0.2) is 16.5 Å². The SMILES string of the molecule is COc1cc(OC)nc(NC(=O)NS(=O)(=O)c2c(Cl)nc3scc(C)n23)n1. The summed E-state index contributed by atoms with van der Waals surface area (Å²) in [7, 11) is -1.59. The fourth-order valence-electron chi connectivity index (χ4n) is 2.14. The van der Waals surface area contributed by atoms with Crippen molar-refractivity contribution in [2.24, 2.45) is 0 Å². The van der Waals surface area contributed by atoms with Crippen LogP contribution in [0.1, 0.15) is 5.69 Å². The number of imidazole rings is 1. The highest BCUT2D eigenvalue weighted by atomic mass is 35.5. The molecule has 0 saturated carbocycles. The zero-order valence-electron chi connectivity index (χ0n) is 14.2. The number of aryl methyl sites for hydroxylation is 1. The number of nitrogens with zero attached hydrogens (tertiary/aromatic N) is 4. The number of carbonyl (C=O) groups is 1. The second-order valence-corrected chi connectivity index (χ2v) is 7.83. The number of carbonyl (C=O) groups excluding carboxylic acids is 1. The number of anilines is 1. The summed E-state index contributed by atoms with van der Waals surface area (Å²) in [6.45, 7) is 1.69. The van der Waals surface area contributed by atoms with Crippen LogP contribution in [0.25, 0.3) is 4.96 Å². The van der Waals surface area contributed by atoms with Gasteiger partial charge < -0.3 is 9.47 Å². The van der Waals surface area contributed by atoms with Gasteiger partial charge in [0.15, 0.2) is 15.1 Å². The molecule has 2 amide bonds. The average Bonchev–Trinajstić information content (AvgIpc) is 3.12. The van der Waals surface area contributed by atoms with Gasteiger partial charge in [0.2, 0.25) is 17.7 Å². The van der Waals surface area contributed by atoms with Gasteiger partial charge in [-0.15, -0.1) is 11.3 Å². The topological polar surface area (TPSA) is 137 Å². The second kappa shape index (κ2) is 7.17. The molecule has 0 aliphatic heterocycles. The first-order valence-corrected chi connectivity index (χ1v) is 9.92. The number of nitrogens with one attached hydrogen (secondary N) is 2. The maximum absolute atomic E-state index is 12.6. The van der Waals surface area contributed by atoms with Crippen molar-refractivity contribution in [2.75, 3.05) is 19.5 Å². The van der Waals surface area contributed by atoms with Gasteiger partial charge in [-0.25, -0.2) is 14.5 Å². The van der Waals surface area contributed by atoms with Crippen LogP contribution in [-0.4, -0.2) is 48.0 Å². The Morgan fingerprint density at radius 2 is 1.85 bits per heavy atom. The first-order chi connectivity index (χ1) is 12.7. The van der Waals surface area contributed by atoms with Crippen molar-refractivity contribution >= 4 is 49.9 Å². The van der Waals surface area contributed by atoms with Crippen LogP contribution in [0, 0.1) is 6.92 Å². The van der Waals surface area contributed by atoms with E-state index in [0.29, 0.717) is 10.7 Å². The summed E-state index contributed by atoms with van der Waals surface area (Å²) in [4.78, 5) is 24.3. The smallest absolute Gasteiger partial charge is 0.335 e. The van der Waals surface area contributed by atoms with E-state index in [0.717, 1.165) is 0 Å². The van der Waals surface area contributed by atoms with Crippen LogP contribution in [0.5, 0.6) is 11.8 Å². The number of aromatic nitrogens is 4. The van der Waals surface area contributed by atoms with Gasteiger partial charge in [-0.3, -0.25) is 9.72 Å². The third-order valence-electron chi connectivity index (χ3n) is 3.26. The zero-order valence-corrected chi connectivity index (χ0v) is 16.6. The monoisotopic (exact) mass is 432 g/mol. The highest BCUT2D eigenvalue weighted by Gasteiger charge is 2.28. The summed E-state index contributed by atoms with van der Waals surface area (Å²) in [6.07, 6.45) is 0. The summed E-state index contributed by atoms with van der Waals surface area (Å²) in [5.74, 6) is 0.0269. The molecule has 0 saturated heterocycles. The Balaban J connectivity index is 1.87. The number of thiazole rings is 1. The average molecular weight is 433 g/mol. The molecule has 144 valence electrons. The van der Waals surface area contributed by atoms with E-state index in [2.05, 4.69) is 20.3 Å². The van der Waals surface area contributed by atoms with Crippen molar-refractivity contribution in [1.29, 1.82) is 0 Å². The van der Waals surface area contributed by atoms with E-state index in [9.17, 15) is 13.2 Å². The van der Waals surface area contributed by atoms with Crippen molar-refractivity contribution in [3.05, 3.63) is 22.3 Å². The predicted octanol–water partition coefficient (Wildman–Crippen LogP) is 1.68. The molecule has 0 radical (unpaired) electrons. The fourth-order valence-corrected chi connectivity index (χ4v) is 4.71. The molecule has 3 aromatic rings. The van der Waals surface area contributed by atoms with E-state index in [4.69, 9.17) is 21.1 Å². The Hall–Kier alpha value is -2.64. The fraction of sp³-hybridized carbons (Fsp3) is 0.231. The van der Waals surface area contributed by atoms with Crippen LogP contribution in [-0.2, 0) is 10.0 Å². The highest BCUT2D eigenvalue weighted by Crippen LogP contribution is 2.27. The minimum absolute atomic E-state index is 0.120. The van der Waals surface area contributed by atoms with Crippen molar-refractivity contribution in [3.63, 3.8) is 0 Å². The van der Waals surface area contributed by atoms with Gasteiger partial charge in [0, 0.05) is 11.1 Å². The third-order valence-corrected chi connectivity index (χ3v) is 5.91. The predicted molar refractivity (Wildman–Crippen MR) is 97.3 cm³/mol. The van der Waals surface area contributed by atoms with E-state index in [-0.39, 0.29) is 27.9 Å². The minimum Gasteiger partial charge on any atom is -0.481 e. The van der Waals surface area contributed by atoms with Gasteiger partial charge in [0.1, 0.15) is 0 Å². The number of methoxy groups -OCH3 is 2. The Morgan fingerprint density at radius 3 is 2.44 bits per heavy atom. The van der Waals surface area contributed by atoms with Gasteiger partial charge in [0.25, 0.3) is 10.0 Å². The molecule has 3 aromatic heterocycles. The molecular weight excluding hydrogens is 420 g/mol. The number of fused-ring (bicyclic) bond motifs is 1. The largest absolute Gasteiger partial charge is 0.481 e. The summed E-state index contributed by atoms with van der Waals surface area (Å²) >= 11 is 7.18. The van der Waals surface area contributed by atoms with E-state index < -0.39 is 16.1 Å². The van der Waals surface area contributed by atoms with Crippen LogP contribution in [0.4, 0.5) is 10.7 Å². The first kappa shape index (κ1) is 19.1. The van der Waals surface area contributed by atoms with E-state index in [1.165, 1.54) is 36.0 Å². The number of ether oxygens (including phenoxy) is 2. The van der Waals surface area contributed by atoms with E-state index in [1.807, 2.05) is 4.72 Å². The van der Waals surface area contributed by atoms with Crippen LogP contribution >= 0.6 is 22.9 Å². The second-order valence-electron chi connectivity index (χ2n) is 5.04. The van der Waals surface area contributed by atoms with Crippen LogP contribution in [0.2, 0.25) is 5.15 Å². The number of hydrogen-bond donors (Lipinski definition) is 2. The number of amides is 2. The molecule has 2 N–H and O–H groups in total. The number of halogens is 1. The standard InChI is InChI=1S/C13H13ClN6O5S2/c1-6-5-26-13-17-9(14)10(20(6)13)27(22,23)19-12(21)18-11-15-7(24-2)4-8(16-11)25-3/h4-5H,1-3H3,(H2,15,16,18,19,21). The number of rotatable bonds is 5. The molecular formula is C13H13ClN6O5S2. The molecule has 0 spiro atoms. The minimum atomic E-state index is -4.32. The van der Waals surface area contributed by atoms with Gasteiger partial charge in [0.05, 0.1) is 20.3 Å². The van der Waals surface area contributed by atoms with E-state index >= 15 is 0 Å². The molecule has 0 aliphatic rings. The summed E-state index contributed by atoms with van der Waals surface area (Å²) in [5.41, 5.74) is 0.607. The Bertz CT molecular complexity index is 1100. The molecule has 0 aliphatic carbocycles. The molecule has 0 aromatic carbocycles. The van der Waals surface area contributed by atoms with Gasteiger partial charge in [-0.05, 0) is 6.92 Å². The molecule has 11 nitrogen and oxygen atoms in total. The highest BCUT2D eigenvalue weighted by molar-refractivity contribution is 7.90. The van der Waals surface area contributed by atoms with Crippen LogP contribution < -0.4 is 19.5 Å². The van der Waals surface area contributed by atoms with Gasteiger partial charge in [-0.1, -0.05) is 11.6 Å². The number of urea groups is 1. The summed E-state index contributed by atoms with van der Waals surface area (Å²) in [5, 5.41) is 3.34. The first-order valence-electron chi connectivity index (χ1n) is 7.18. The zero-order chi connectivity index (χ0) is 19.8. The van der Waals surface area contributed by atoms with Crippen molar-refractivity contribution < 1.29 is 22.7 Å².